The SMILES string of the molecule is CCOc1c(C(C)c2nc(Cl)c3c(N)nccn23)cc(Cl)c(C)c1-c1ccc(Cl)cc1. The maximum absolute atomic E-state index is 6.69. The van der Waals surface area contributed by atoms with Gasteiger partial charge in [0, 0.05) is 39.5 Å². The number of fused-ring (bicyclic) bond motifs is 1. The summed E-state index contributed by atoms with van der Waals surface area (Å²) in [6.07, 6.45) is 3.42. The molecule has 0 saturated heterocycles. The van der Waals surface area contributed by atoms with E-state index in [1.165, 1.54) is 0 Å². The van der Waals surface area contributed by atoms with Crippen molar-refractivity contribution in [3.8, 4) is 16.9 Å². The summed E-state index contributed by atoms with van der Waals surface area (Å²) < 4.78 is 8.04. The van der Waals surface area contributed by atoms with Gasteiger partial charge >= 0.3 is 0 Å². The summed E-state index contributed by atoms with van der Waals surface area (Å²) in [5.41, 5.74) is 10.4. The van der Waals surface area contributed by atoms with Gasteiger partial charge in [0.25, 0.3) is 0 Å². The number of rotatable bonds is 5. The monoisotopic (exact) mass is 474 g/mol. The molecule has 1 atom stereocenters. The van der Waals surface area contributed by atoms with Crippen LogP contribution in [0.1, 0.15) is 36.7 Å². The van der Waals surface area contributed by atoms with Crippen molar-refractivity contribution >= 4 is 46.1 Å². The van der Waals surface area contributed by atoms with Crippen molar-refractivity contribution in [2.24, 2.45) is 0 Å². The lowest BCUT2D eigenvalue weighted by atomic mass is 9.90. The molecule has 0 aliphatic rings. The van der Waals surface area contributed by atoms with Crippen molar-refractivity contribution in [3.63, 3.8) is 0 Å². The Bertz CT molecular complexity index is 1270. The minimum Gasteiger partial charge on any atom is -0.493 e. The Kier molecular flexibility index (Phi) is 6.02. The quantitative estimate of drug-likeness (QED) is 0.345. The molecule has 2 N–H and O–H groups in total. The Morgan fingerprint density at radius 1 is 1.16 bits per heavy atom. The molecular formula is C23H21Cl3N4O. The van der Waals surface area contributed by atoms with Crippen molar-refractivity contribution in [3.05, 3.63) is 74.9 Å². The van der Waals surface area contributed by atoms with Crippen LogP contribution in [0.3, 0.4) is 0 Å². The highest BCUT2D eigenvalue weighted by atomic mass is 35.5. The fraction of sp³-hybridized carbons (Fsp3) is 0.217. The Morgan fingerprint density at radius 2 is 1.87 bits per heavy atom. The van der Waals surface area contributed by atoms with Crippen LogP contribution in [0.25, 0.3) is 16.6 Å². The third kappa shape index (κ3) is 3.82. The second-order valence-electron chi connectivity index (χ2n) is 7.23. The van der Waals surface area contributed by atoms with Gasteiger partial charge in [-0.25, -0.2) is 9.97 Å². The van der Waals surface area contributed by atoms with Crippen molar-refractivity contribution in [1.29, 1.82) is 0 Å². The summed E-state index contributed by atoms with van der Waals surface area (Å²) in [7, 11) is 0. The zero-order valence-electron chi connectivity index (χ0n) is 17.3. The Morgan fingerprint density at radius 3 is 2.55 bits per heavy atom. The molecule has 160 valence electrons. The van der Waals surface area contributed by atoms with Crippen molar-refractivity contribution in [2.75, 3.05) is 12.3 Å². The third-order valence-corrected chi connectivity index (χ3v) is 6.26. The summed E-state index contributed by atoms with van der Waals surface area (Å²) in [6, 6.07) is 9.57. The summed E-state index contributed by atoms with van der Waals surface area (Å²) >= 11 is 19.2. The molecule has 1 unspecified atom stereocenters. The van der Waals surface area contributed by atoms with Gasteiger partial charge in [-0.3, -0.25) is 4.40 Å². The topological polar surface area (TPSA) is 65.4 Å². The van der Waals surface area contributed by atoms with Gasteiger partial charge in [0.15, 0.2) is 11.0 Å². The first-order valence-corrected chi connectivity index (χ1v) is 11.0. The van der Waals surface area contributed by atoms with Gasteiger partial charge in [0.2, 0.25) is 0 Å². The lowest BCUT2D eigenvalue weighted by Crippen LogP contribution is -2.08. The molecule has 2 heterocycles. The van der Waals surface area contributed by atoms with E-state index in [9.17, 15) is 0 Å². The van der Waals surface area contributed by atoms with Crippen LogP contribution in [-0.2, 0) is 0 Å². The van der Waals surface area contributed by atoms with Crippen molar-refractivity contribution in [1.82, 2.24) is 14.4 Å². The highest BCUT2D eigenvalue weighted by Crippen LogP contribution is 2.44. The smallest absolute Gasteiger partial charge is 0.158 e. The number of nitrogens with two attached hydrogens (primary N) is 1. The molecule has 0 bridgehead atoms. The molecule has 2 aromatic heterocycles. The fourth-order valence-corrected chi connectivity index (χ4v) is 4.43. The van der Waals surface area contributed by atoms with Crippen LogP contribution in [-0.4, -0.2) is 21.0 Å². The number of ether oxygens (including phenoxy) is 1. The summed E-state index contributed by atoms with van der Waals surface area (Å²) in [6.45, 7) is 6.48. The fourth-order valence-electron chi connectivity index (χ4n) is 3.82. The summed E-state index contributed by atoms with van der Waals surface area (Å²) in [5, 5.41) is 1.62. The number of hydrogen-bond acceptors (Lipinski definition) is 4. The number of nitrogens with zero attached hydrogens (tertiary/aromatic N) is 3. The predicted molar refractivity (Wildman–Crippen MR) is 128 cm³/mol. The number of halogens is 3. The van der Waals surface area contributed by atoms with Gasteiger partial charge in [0.05, 0.1) is 6.61 Å². The van der Waals surface area contributed by atoms with Crippen LogP contribution in [0.4, 0.5) is 5.82 Å². The molecule has 0 radical (unpaired) electrons. The van der Waals surface area contributed by atoms with E-state index in [2.05, 4.69) is 9.97 Å². The molecule has 0 fully saturated rings. The van der Waals surface area contributed by atoms with Gasteiger partial charge in [0.1, 0.15) is 17.1 Å². The van der Waals surface area contributed by atoms with E-state index in [4.69, 9.17) is 45.3 Å². The number of aromatic nitrogens is 3. The minimum atomic E-state index is -0.187. The number of hydrogen-bond donors (Lipinski definition) is 1. The zero-order chi connectivity index (χ0) is 22.3. The highest BCUT2D eigenvalue weighted by molar-refractivity contribution is 6.33. The summed E-state index contributed by atoms with van der Waals surface area (Å²) in [5.74, 6) is 1.62. The van der Waals surface area contributed by atoms with E-state index < -0.39 is 0 Å². The van der Waals surface area contributed by atoms with Gasteiger partial charge in [-0.2, -0.15) is 0 Å². The van der Waals surface area contributed by atoms with Gasteiger partial charge in [-0.15, -0.1) is 0 Å². The van der Waals surface area contributed by atoms with Gasteiger partial charge in [-0.1, -0.05) is 53.9 Å². The predicted octanol–water partition coefficient (Wildman–Crippen LogP) is 6.80. The molecule has 4 rings (SSSR count). The van der Waals surface area contributed by atoms with Crippen LogP contribution in [0.2, 0.25) is 15.2 Å². The lowest BCUT2D eigenvalue weighted by molar-refractivity contribution is 0.336. The largest absolute Gasteiger partial charge is 0.493 e. The van der Waals surface area contributed by atoms with E-state index in [1.807, 2.05) is 55.5 Å². The van der Waals surface area contributed by atoms with Gasteiger partial charge in [-0.05, 0) is 43.2 Å². The number of nitrogen functional groups attached to an aromatic ring is 1. The molecule has 31 heavy (non-hydrogen) atoms. The Labute approximate surface area is 195 Å². The second kappa shape index (κ2) is 8.58. The average molecular weight is 476 g/mol. The van der Waals surface area contributed by atoms with Crippen molar-refractivity contribution in [2.45, 2.75) is 26.7 Å². The molecular weight excluding hydrogens is 455 g/mol. The van der Waals surface area contributed by atoms with E-state index >= 15 is 0 Å². The van der Waals surface area contributed by atoms with Crippen LogP contribution >= 0.6 is 34.8 Å². The van der Waals surface area contributed by atoms with Crippen LogP contribution in [0, 0.1) is 6.92 Å². The maximum Gasteiger partial charge on any atom is 0.158 e. The zero-order valence-corrected chi connectivity index (χ0v) is 19.6. The number of anilines is 1. The molecule has 0 aliphatic heterocycles. The second-order valence-corrected chi connectivity index (χ2v) is 8.43. The molecule has 0 amide bonds. The standard InChI is InChI=1S/C23H21Cl3N4O/c1-4-31-20-16(11-17(25)13(3)18(20)14-5-7-15(24)8-6-14)12(2)23-29-21(26)19-22(27)28-9-10-30(19)23/h5-12H,4H2,1-3H3,(H2,27,28). The van der Waals surface area contributed by atoms with Crippen LogP contribution in [0.15, 0.2) is 42.7 Å². The van der Waals surface area contributed by atoms with Crippen LogP contribution in [0.5, 0.6) is 5.75 Å². The van der Waals surface area contributed by atoms with E-state index in [0.29, 0.717) is 33.1 Å². The van der Waals surface area contributed by atoms with Crippen LogP contribution < -0.4 is 10.5 Å². The molecule has 0 spiro atoms. The lowest BCUT2D eigenvalue weighted by Gasteiger charge is -2.22. The summed E-state index contributed by atoms with van der Waals surface area (Å²) in [4.78, 5) is 8.71. The highest BCUT2D eigenvalue weighted by Gasteiger charge is 2.26. The first-order chi connectivity index (χ1) is 14.8. The van der Waals surface area contributed by atoms with E-state index in [-0.39, 0.29) is 5.92 Å². The van der Waals surface area contributed by atoms with E-state index in [0.717, 1.165) is 33.8 Å². The molecule has 4 aromatic rings. The average Bonchev–Trinajstić information content (AvgIpc) is 3.09. The number of imidazole rings is 1. The number of benzene rings is 2. The molecule has 0 aliphatic carbocycles. The Hall–Kier alpha value is -2.47. The Balaban J connectivity index is 1.97. The third-order valence-electron chi connectivity index (χ3n) is 5.35. The first-order valence-electron chi connectivity index (χ1n) is 9.83. The molecule has 8 heteroatoms. The molecule has 2 aromatic carbocycles. The van der Waals surface area contributed by atoms with Gasteiger partial charge < -0.3 is 10.5 Å². The molecule has 5 nitrogen and oxygen atoms in total. The van der Waals surface area contributed by atoms with E-state index in [1.54, 1.807) is 12.4 Å². The minimum absolute atomic E-state index is 0.187. The first kappa shape index (κ1) is 21.8. The molecule has 0 saturated carbocycles. The maximum atomic E-state index is 6.69. The van der Waals surface area contributed by atoms with Crippen molar-refractivity contribution < 1.29 is 4.74 Å². The normalized spacial score (nSPS) is 12.3.